The number of carboxylic acid groups (broad SMARTS) is 1. The van der Waals surface area contributed by atoms with Crippen LogP contribution in [0, 0.1) is 0 Å². The topological polar surface area (TPSA) is 155 Å². The minimum absolute atomic E-state index is 0.0995. The summed E-state index contributed by atoms with van der Waals surface area (Å²) in [6.45, 7) is -1.32. The number of carbonyl (C=O) groups excluding carboxylic acids is 2. The van der Waals surface area contributed by atoms with Crippen molar-refractivity contribution in [1.82, 2.24) is 9.88 Å². The van der Waals surface area contributed by atoms with Crippen molar-refractivity contribution >= 4 is 32.6 Å². The first-order valence-electron chi connectivity index (χ1n) is 10.1. The summed E-state index contributed by atoms with van der Waals surface area (Å²) in [4.78, 5) is 36.5. The maximum Gasteiger partial charge on any atom is 0.416 e. The Morgan fingerprint density at radius 3 is 2.42 bits per heavy atom. The number of carbonyl (C=O) groups is 2. The van der Waals surface area contributed by atoms with Gasteiger partial charge in [0.25, 0.3) is 11.5 Å². The Balaban J connectivity index is 2.01. The number of aromatic hydroxyl groups is 1. The van der Waals surface area contributed by atoms with Crippen molar-refractivity contribution in [1.29, 1.82) is 0 Å². The molecule has 36 heavy (non-hydrogen) atoms. The molecule has 0 bridgehead atoms. The first-order chi connectivity index (χ1) is 16.7. The third-order valence-corrected chi connectivity index (χ3v) is 6.69. The number of aliphatic carboxylic acids is 1. The van der Waals surface area contributed by atoms with Crippen LogP contribution >= 0.6 is 0 Å². The fourth-order valence-electron chi connectivity index (χ4n) is 3.92. The van der Waals surface area contributed by atoms with Crippen molar-refractivity contribution in [3.05, 3.63) is 63.4 Å². The lowest BCUT2D eigenvalue weighted by Gasteiger charge is -2.30. The van der Waals surface area contributed by atoms with E-state index in [1.807, 2.05) is 5.32 Å². The number of halogens is 3. The van der Waals surface area contributed by atoms with Crippen molar-refractivity contribution in [3.63, 3.8) is 0 Å². The number of alkyl halides is 3. The molecule has 10 nitrogen and oxygen atoms in total. The van der Waals surface area contributed by atoms with E-state index in [0.29, 0.717) is 0 Å². The summed E-state index contributed by atoms with van der Waals surface area (Å²) in [5.41, 5.74) is -2.84. The largest absolute Gasteiger partial charge is 0.548 e. The number of amides is 1. The number of aromatic nitrogens is 1. The van der Waals surface area contributed by atoms with E-state index >= 15 is 0 Å². The van der Waals surface area contributed by atoms with Crippen LogP contribution in [0.5, 0.6) is 11.5 Å². The highest BCUT2D eigenvalue weighted by Crippen LogP contribution is 2.41. The highest BCUT2D eigenvalue weighted by molar-refractivity contribution is 7.90. The monoisotopic (exact) mass is 525 g/mol. The molecule has 2 heterocycles. The molecule has 1 atom stereocenters. The number of carboxylic acids is 1. The van der Waals surface area contributed by atoms with E-state index in [9.17, 15) is 46.2 Å². The summed E-state index contributed by atoms with van der Waals surface area (Å²) in [5, 5.41) is 23.2. The van der Waals surface area contributed by atoms with Crippen LogP contribution < -0.4 is 20.7 Å². The standard InChI is InChI=1S/C22H17F3N2O8S/c1-36(33,34)12-6-13-18-15(7-12)35-9-14(10-2-4-11(5-3-10)22(23,24)25)27(18)21(32)17(19(13)30)20(31)26-8-16(28)29/h2-7,14,30H,8-9H2,1H3,(H,26,31)(H,28,29)/p-1. The Morgan fingerprint density at radius 1 is 1.22 bits per heavy atom. The lowest BCUT2D eigenvalue weighted by atomic mass is 10.0. The molecule has 0 aliphatic carbocycles. The lowest BCUT2D eigenvalue weighted by molar-refractivity contribution is -0.303. The summed E-state index contributed by atoms with van der Waals surface area (Å²) >= 11 is 0. The highest BCUT2D eigenvalue weighted by atomic mass is 32.2. The van der Waals surface area contributed by atoms with Gasteiger partial charge in [-0.2, -0.15) is 13.2 Å². The quantitative estimate of drug-likeness (QED) is 0.491. The van der Waals surface area contributed by atoms with Crippen LogP contribution in [0.3, 0.4) is 0 Å². The third kappa shape index (κ3) is 4.34. The van der Waals surface area contributed by atoms with E-state index in [0.717, 1.165) is 47.2 Å². The molecule has 0 spiro atoms. The first-order valence-corrected chi connectivity index (χ1v) is 12.0. The van der Waals surface area contributed by atoms with E-state index in [-0.39, 0.29) is 33.7 Å². The summed E-state index contributed by atoms with van der Waals surface area (Å²) in [5.74, 6) is -4.00. The maximum atomic E-state index is 13.4. The van der Waals surface area contributed by atoms with Gasteiger partial charge in [0, 0.05) is 17.7 Å². The van der Waals surface area contributed by atoms with Gasteiger partial charge in [-0.1, -0.05) is 12.1 Å². The van der Waals surface area contributed by atoms with Crippen LogP contribution in [0.4, 0.5) is 13.2 Å². The van der Waals surface area contributed by atoms with Gasteiger partial charge >= 0.3 is 6.18 Å². The van der Waals surface area contributed by atoms with Crippen LogP contribution in [0.15, 0.2) is 46.1 Å². The predicted octanol–water partition coefficient (Wildman–Crippen LogP) is 0.591. The van der Waals surface area contributed by atoms with Crippen molar-refractivity contribution in [2.75, 3.05) is 19.4 Å². The Labute approximate surface area is 200 Å². The van der Waals surface area contributed by atoms with Crippen molar-refractivity contribution in [2.24, 2.45) is 0 Å². The minimum Gasteiger partial charge on any atom is -0.548 e. The molecular formula is C22H16F3N2O8S-. The van der Waals surface area contributed by atoms with Crippen LogP contribution in [-0.2, 0) is 20.8 Å². The Kier molecular flexibility index (Phi) is 5.95. The summed E-state index contributed by atoms with van der Waals surface area (Å²) in [6, 6.07) is 4.88. The number of ether oxygens (including phenoxy) is 1. The molecule has 1 aliphatic rings. The van der Waals surface area contributed by atoms with E-state index in [1.165, 1.54) is 0 Å². The van der Waals surface area contributed by atoms with E-state index in [1.54, 1.807) is 0 Å². The maximum absolute atomic E-state index is 13.4. The Bertz CT molecular complexity index is 1580. The molecule has 0 saturated heterocycles. The minimum atomic E-state index is -4.61. The smallest absolute Gasteiger partial charge is 0.416 e. The number of benzene rings is 2. The molecule has 0 saturated carbocycles. The number of sulfone groups is 1. The molecule has 4 rings (SSSR count). The molecule has 0 radical (unpaired) electrons. The fraction of sp³-hybridized carbons (Fsp3) is 0.227. The molecule has 2 aromatic carbocycles. The van der Waals surface area contributed by atoms with Crippen LogP contribution in [0.25, 0.3) is 10.9 Å². The Hall–Kier alpha value is -4.07. The highest BCUT2D eigenvalue weighted by Gasteiger charge is 2.34. The van der Waals surface area contributed by atoms with Gasteiger partial charge in [-0.15, -0.1) is 0 Å². The molecular weight excluding hydrogens is 509 g/mol. The molecule has 190 valence electrons. The molecule has 2 N–H and O–H groups in total. The van der Waals surface area contributed by atoms with Crippen LogP contribution in [-0.4, -0.2) is 49.4 Å². The Morgan fingerprint density at radius 2 is 1.86 bits per heavy atom. The second kappa shape index (κ2) is 8.55. The van der Waals surface area contributed by atoms with Gasteiger partial charge in [-0.05, 0) is 23.8 Å². The lowest BCUT2D eigenvalue weighted by Crippen LogP contribution is -2.42. The van der Waals surface area contributed by atoms with Crippen molar-refractivity contribution < 1.29 is 46.1 Å². The molecule has 14 heteroatoms. The fourth-order valence-corrected chi connectivity index (χ4v) is 4.57. The predicted molar refractivity (Wildman–Crippen MR) is 115 cm³/mol. The summed E-state index contributed by atoms with van der Waals surface area (Å²) in [7, 11) is -3.85. The second-order valence-electron chi connectivity index (χ2n) is 7.99. The summed E-state index contributed by atoms with van der Waals surface area (Å²) < 4.78 is 70.0. The van der Waals surface area contributed by atoms with Gasteiger partial charge in [0.2, 0.25) is 0 Å². The zero-order valence-corrected chi connectivity index (χ0v) is 19.1. The number of pyridine rings is 1. The average molecular weight is 525 g/mol. The molecule has 1 amide bonds. The van der Waals surface area contributed by atoms with Crippen LogP contribution in [0.1, 0.15) is 27.5 Å². The molecule has 3 aromatic rings. The molecule has 1 unspecified atom stereocenters. The number of hydrogen-bond donors (Lipinski definition) is 2. The van der Waals surface area contributed by atoms with E-state index in [2.05, 4.69) is 0 Å². The molecule has 1 aromatic heterocycles. The normalized spacial score (nSPS) is 15.4. The second-order valence-corrected chi connectivity index (χ2v) is 10.0. The van der Waals surface area contributed by atoms with Gasteiger partial charge in [0.1, 0.15) is 23.7 Å². The molecule has 1 aliphatic heterocycles. The summed E-state index contributed by atoms with van der Waals surface area (Å²) in [6.07, 6.45) is -3.72. The van der Waals surface area contributed by atoms with Gasteiger partial charge < -0.3 is 25.1 Å². The zero-order chi connectivity index (χ0) is 26.6. The molecule has 0 fully saturated rings. The number of nitrogens with zero attached hydrogens (tertiary/aromatic N) is 1. The van der Waals surface area contributed by atoms with Gasteiger partial charge in [-0.25, -0.2) is 8.42 Å². The van der Waals surface area contributed by atoms with Gasteiger partial charge in [0.15, 0.2) is 9.84 Å². The van der Waals surface area contributed by atoms with Crippen LogP contribution in [0.2, 0.25) is 0 Å². The zero-order valence-electron chi connectivity index (χ0n) is 18.2. The average Bonchev–Trinajstić information content (AvgIpc) is 2.79. The van der Waals surface area contributed by atoms with Crippen molar-refractivity contribution in [3.8, 4) is 11.5 Å². The number of rotatable bonds is 5. The number of hydrogen-bond acceptors (Lipinski definition) is 8. The third-order valence-electron chi connectivity index (χ3n) is 5.59. The van der Waals surface area contributed by atoms with Gasteiger partial charge in [0.05, 0.1) is 34.5 Å². The van der Waals surface area contributed by atoms with E-state index < -0.39 is 62.9 Å². The number of nitrogens with one attached hydrogen (secondary N) is 1. The SMILES string of the molecule is CS(=O)(=O)c1cc2c3c(c1)c(O)c(C(=O)NCC(=O)[O-])c(=O)n3C(c1ccc(C(F)(F)F)cc1)CO2. The van der Waals surface area contributed by atoms with Gasteiger partial charge in [-0.3, -0.25) is 14.2 Å². The first kappa shape index (κ1) is 25.0. The van der Waals surface area contributed by atoms with Crippen molar-refractivity contribution in [2.45, 2.75) is 17.1 Å². The van der Waals surface area contributed by atoms with E-state index in [4.69, 9.17) is 4.74 Å².